The van der Waals surface area contributed by atoms with E-state index in [1.165, 1.54) is 50.1 Å². The molecule has 0 radical (unpaired) electrons. The minimum Gasteiger partial charge on any atom is -0.508 e. The van der Waals surface area contributed by atoms with Gasteiger partial charge in [-0.05, 0) is 190 Å². The molecule has 5 aliphatic heterocycles. The van der Waals surface area contributed by atoms with Gasteiger partial charge in [0, 0.05) is 4.47 Å². The fraction of sp³-hybridized carbons (Fsp3) is 0.529. The van der Waals surface area contributed by atoms with Gasteiger partial charge in [0.05, 0.1) is 60.0 Å². The van der Waals surface area contributed by atoms with Crippen LogP contribution < -0.4 is 5.46 Å². The Morgan fingerprint density at radius 1 is 0.467 bits per heavy atom. The second kappa shape index (κ2) is 17.6. The predicted octanol–water partition coefficient (Wildman–Crippen LogP) is 11.1. The Morgan fingerprint density at radius 2 is 0.833 bits per heavy atom. The second-order valence-corrected chi connectivity index (χ2v) is 20.7. The first-order valence-electron chi connectivity index (χ1n) is 21.7. The van der Waals surface area contributed by atoms with Crippen LogP contribution in [0.2, 0.25) is 0 Å². The number of fused-ring (bicyclic) bond motifs is 4. The van der Waals surface area contributed by atoms with E-state index >= 15 is 0 Å². The van der Waals surface area contributed by atoms with Crippen molar-refractivity contribution < 1.29 is 33.4 Å². The number of phenols is 1. The zero-order valence-electron chi connectivity index (χ0n) is 38.4. The number of ether oxygens (including phenoxy) is 4. The summed E-state index contributed by atoms with van der Waals surface area (Å²) in [4.78, 5) is 0. The summed E-state index contributed by atoms with van der Waals surface area (Å²) in [5, 5.41) is 9.32. The third-order valence-corrected chi connectivity index (χ3v) is 13.5. The van der Waals surface area contributed by atoms with Gasteiger partial charge in [-0.3, -0.25) is 0 Å². The summed E-state index contributed by atoms with van der Waals surface area (Å²) in [6, 6.07) is 25.1. The topological polar surface area (TPSA) is 75.6 Å². The Balaban J connectivity index is 0.000000138. The fourth-order valence-corrected chi connectivity index (χ4v) is 9.17. The van der Waals surface area contributed by atoms with Gasteiger partial charge in [0.2, 0.25) is 0 Å². The molecule has 1 N–H and O–H groups in total. The third-order valence-electron chi connectivity index (χ3n) is 13.0. The molecule has 0 aliphatic carbocycles. The maximum absolute atomic E-state index is 9.32. The Labute approximate surface area is 369 Å². The smallest absolute Gasteiger partial charge is 0.494 e. The monoisotopic (exact) mass is 882 g/mol. The van der Waals surface area contributed by atoms with Crippen LogP contribution in [0.1, 0.15) is 133 Å². The first-order chi connectivity index (χ1) is 27.9. The number of halogens is 1. The van der Waals surface area contributed by atoms with Crippen LogP contribution in [-0.4, -0.2) is 49.9 Å². The molecule has 1 saturated heterocycles. The zero-order chi connectivity index (χ0) is 43.9. The van der Waals surface area contributed by atoms with Crippen LogP contribution in [0.4, 0.5) is 0 Å². The van der Waals surface area contributed by atoms with Crippen molar-refractivity contribution in [2.24, 2.45) is 0 Å². The minimum absolute atomic E-state index is 0.0959. The van der Waals surface area contributed by atoms with Gasteiger partial charge in [-0.2, -0.15) is 0 Å². The SMILES string of the molecule is CC1(C)OCCc2cc(B3OC(C)(C)C(C)(C)O3)ccc21.CC1(C)OCCc2cc(Br)ccc21.CC1(C)OCCc2cc(O)ccc21.Cc1ccc2c(c1)CCOC2(C)C. The van der Waals surface area contributed by atoms with E-state index in [0.29, 0.717) is 5.75 Å². The molecule has 9 heteroatoms. The fourth-order valence-electron chi connectivity index (χ4n) is 8.76. The van der Waals surface area contributed by atoms with Crippen LogP contribution in [0.25, 0.3) is 0 Å². The van der Waals surface area contributed by atoms with Crippen LogP contribution >= 0.6 is 15.9 Å². The van der Waals surface area contributed by atoms with Gasteiger partial charge in [-0.1, -0.05) is 70.0 Å². The van der Waals surface area contributed by atoms with E-state index in [1.54, 1.807) is 6.07 Å². The molecule has 0 unspecified atom stereocenters. The third kappa shape index (κ3) is 10.4. The maximum atomic E-state index is 9.32. The van der Waals surface area contributed by atoms with E-state index in [4.69, 9.17) is 28.3 Å². The molecule has 0 saturated carbocycles. The number of hydrogen-bond acceptors (Lipinski definition) is 7. The second-order valence-electron chi connectivity index (χ2n) is 19.7. The van der Waals surface area contributed by atoms with Crippen LogP contribution in [0.15, 0.2) is 77.3 Å². The Kier molecular flexibility index (Phi) is 13.7. The first-order valence-corrected chi connectivity index (χ1v) is 22.5. The molecule has 4 aromatic carbocycles. The summed E-state index contributed by atoms with van der Waals surface area (Å²) in [6.07, 6.45) is 3.93. The first kappa shape index (κ1) is 46.5. The van der Waals surface area contributed by atoms with Gasteiger partial charge in [-0.15, -0.1) is 0 Å². The van der Waals surface area contributed by atoms with Crippen molar-refractivity contribution >= 4 is 28.5 Å². The van der Waals surface area contributed by atoms with Gasteiger partial charge < -0.3 is 33.4 Å². The summed E-state index contributed by atoms with van der Waals surface area (Å²) in [5.41, 5.74) is 11.8. The standard InChI is InChI=1S/C17H25BO3.C12H16O.C11H13BrO.C11H14O2/c1-15(2)14-8-7-13(11-12(14)9-10-19-15)18-20-16(3,4)17(5,6)21-18;1-9-4-5-11-10(8-9)6-7-13-12(11,2)3;2*1-11(2)10-4-3-9(12)7-8(10)5-6-13-11/h7-8,11H,9-10H2,1-6H3;4-5,8H,6-7H2,1-3H3;3-4,7H,5-6H2,1-2H3;3-4,7,12H,5-6H2,1-2H3. The van der Waals surface area contributed by atoms with Gasteiger partial charge in [-0.25, -0.2) is 0 Å². The number of aryl methyl sites for hydroxylation is 1. The lowest BCUT2D eigenvalue weighted by molar-refractivity contribution is -0.0318. The lowest BCUT2D eigenvalue weighted by Crippen LogP contribution is -2.41. The number of aromatic hydroxyl groups is 1. The van der Waals surface area contributed by atoms with E-state index < -0.39 is 0 Å². The molecule has 7 nitrogen and oxygen atoms in total. The van der Waals surface area contributed by atoms with Crippen LogP contribution in [0, 0.1) is 6.92 Å². The van der Waals surface area contributed by atoms with Crippen LogP contribution in [-0.2, 0) is 76.3 Å². The van der Waals surface area contributed by atoms with Crippen molar-refractivity contribution in [2.45, 2.75) is 149 Å². The van der Waals surface area contributed by atoms with Crippen molar-refractivity contribution in [3.05, 3.63) is 127 Å². The highest BCUT2D eigenvalue weighted by Crippen LogP contribution is 2.39. The van der Waals surface area contributed by atoms with E-state index in [-0.39, 0.29) is 40.7 Å². The lowest BCUT2D eigenvalue weighted by atomic mass is 9.75. The van der Waals surface area contributed by atoms with Gasteiger partial charge in [0.1, 0.15) is 5.75 Å². The summed E-state index contributed by atoms with van der Waals surface area (Å²) in [5.74, 6) is 0.344. The van der Waals surface area contributed by atoms with Crippen molar-refractivity contribution in [1.82, 2.24) is 0 Å². The molecule has 0 aromatic heterocycles. The van der Waals surface area contributed by atoms with Gasteiger partial charge >= 0.3 is 7.12 Å². The Bertz CT molecular complexity index is 1980. The molecule has 0 bridgehead atoms. The molecule has 1 fully saturated rings. The molecule has 0 spiro atoms. The average Bonchev–Trinajstić information content (AvgIpc) is 3.37. The molecule has 0 atom stereocenters. The highest BCUT2D eigenvalue weighted by molar-refractivity contribution is 9.10. The van der Waals surface area contributed by atoms with E-state index in [2.05, 4.69) is 161 Å². The molecule has 5 heterocycles. The Morgan fingerprint density at radius 3 is 1.30 bits per heavy atom. The van der Waals surface area contributed by atoms with E-state index in [9.17, 15) is 5.11 Å². The molecule has 9 rings (SSSR count). The lowest BCUT2D eigenvalue weighted by Gasteiger charge is -2.33. The summed E-state index contributed by atoms with van der Waals surface area (Å²) < 4.78 is 36.4. The molecule has 4 aromatic rings. The van der Waals surface area contributed by atoms with Crippen LogP contribution in [0.3, 0.4) is 0 Å². The number of benzene rings is 4. The molecule has 60 heavy (non-hydrogen) atoms. The molecular weight excluding hydrogens is 815 g/mol. The summed E-state index contributed by atoms with van der Waals surface area (Å²) in [7, 11) is -0.286. The quantitative estimate of drug-likeness (QED) is 0.191. The van der Waals surface area contributed by atoms with Crippen molar-refractivity contribution in [2.75, 3.05) is 26.4 Å². The van der Waals surface area contributed by atoms with Crippen LogP contribution in [0.5, 0.6) is 5.75 Å². The largest absolute Gasteiger partial charge is 0.508 e. The highest BCUT2D eigenvalue weighted by Gasteiger charge is 2.52. The highest BCUT2D eigenvalue weighted by atomic mass is 79.9. The van der Waals surface area contributed by atoms with Gasteiger partial charge in [0.25, 0.3) is 0 Å². The summed E-state index contributed by atoms with van der Waals surface area (Å²) in [6.45, 7) is 30.6. The molecule has 0 amide bonds. The zero-order valence-corrected chi connectivity index (χ0v) is 40.0. The molecule has 5 aliphatic rings. The van der Waals surface area contributed by atoms with Crippen molar-refractivity contribution in [3.8, 4) is 5.75 Å². The average molecular weight is 884 g/mol. The normalized spacial score (nSPS) is 21.7. The number of rotatable bonds is 1. The molecular formula is C51H68BBrO7. The number of hydrogen-bond donors (Lipinski definition) is 1. The molecule has 324 valence electrons. The number of phenolic OH excluding ortho intramolecular Hbond substituents is 1. The minimum atomic E-state index is -0.296. The maximum Gasteiger partial charge on any atom is 0.494 e. The Hall–Kier alpha value is -3.02. The van der Waals surface area contributed by atoms with E-state index in [0.717, 1.165) is 62.0 Å². The van der Waals surface area contributed by atoms with Crippen molar-refractivity contribution in [1.29, 1.82) is 0 Å². The van der Waals surface area contributed by atoms with Gasteiger partial charge in [0.15, 0.2) is 0 Å². The predicted molar refractivity (Wildman–Crippen MR) is 246 cm³/mol. The van der Waals surface area contributed by atoms with E-state index in [1.807, 2.05) is 12.1 Å². The summed E-state index contributed by atoms with van der Waals surface area (Å²) >= 11 is 3.49. The van der Waals surface area contributed by atoms with Crippen molar-refractivity contribution in [3.63, 3.8) is 0 Å².